The molecule has 216 valence electrons. The van der Waals surface area contributed by atoms with Gasteiger partial charge in [-0.2, -0.15) is 8.42 Å². The van der Waals surface area contributed by atoms with Crippen LogP contribution < -0.4 is 19.6 Å². The number of aliphatic carboxylic acids is 1. The van der Waals surface area contributed by atoms with Gasteiger partial charge < -0.3 is 48.9 Å². The molecule has 0 spiro atoms. The molecule has 3 aromatic rings. The van der Waals surface area contributed by atoms with Gasteiger partial charge in [0.15, 0.2) is 23.0 Å². The van der Waals surface area contributed by atoms with E-state index in [0.717, 1.165) is 18.2 Å². The largest absolute Gasteiger partial charge is 0.507 e. The highest BCUT2D eigenvalue weighted by molar-refractivity contribution is 7.80. The number of hydrogen-bond acceptors (Lipinski definition) is 14. The van der Waals surface area contributed by atoms with Crippen molar-refractivity contribution in [1.82, 2.24) is 0 Å². The molecule has 1 aliphatic rings. The van der Waals surface area contributed by atoms with Crippen LogP contribution in [0.25, 0.3) is 22.3 Å². The predicted octanol–water partition coefficient (Wildman–Crippen LogP) is -0.0135. The molecule has 2 heterocycles. The number of benzene rings is 2. The van der Waals surface area contributed by atoms with E-state index < -0.39 is 58.3 Å². The van der Waals surface area contributed by atoms with E-state index in [1.807, 2.05) is 0 Å². The van der Waals surface area contributed by atoms with Crippen molar-refractivity contribution in [3.05, 3.63) is 40.6 Å². The van der Waals surface area contributed by atoms with Gasteiger partial charge in [0.2, 0.25) is 12.0 Å². The maximum absolute atomic E-state index is 12.8. The number of methoxy groups -OCH3 is 2. The third-order valence-electron chi connectivity index (χ3n) is 5.82. The topological polar surface area (TPSA) is 249 Å². The first-order valence-electron chi connectivity index (χ1n) is 11.1. The molecule has 1 aromatic heterocycles. The first-order valence-corrected chi connectivity index (χ1v) is 12.4. The molecule has 6 N–H and O–H groups in total. The van der Waals surface area contributed by atoms with Crippen LogP contribution in [0, 0.1) is 0 Å². The Morgan fingerprint density at radius 2 is 1.60 bits per heavy atom. The minimum atomic E-state index is -5.26. The Balaban J connectivity index is 1.72. The number of aliphatic hydroxyl groups is 2. The lowest BCUT2D eigenvalue weighted by Gasteiger charge is -2.39. The van der Waals surface area contributed by atoms with Crippen LogP contribution in [0.1, 0.15) is 0 Å². The summed E-state index contributed by atoms with van der Waals surface area (Å²) in [5.41, 5.74) is -0.691. The molecule has 0 saturated carbocycles. The number of ether oxygens (including phenoxy) is 4. The van der Waals surface area contributed by atoms with Crippen molar-refractivity contribution in [2.75, 3.05) is 14.2 Å². The number of phenols is 2. The molecule has 17 heteroatoms. The fourth-order valence-corrected chi connectivity index (χ4v) is 4.50. The van der Waals surface area contributed by atoms with E-state index in [-0.39, 0.29) is 45.3 Å². The number of rotatable bonds is 8. The normalized spacial score (nSPS) is 23.1. The van der Waals surface area contributed by atoms with Crippen molar-refractivity contribution in [2.45, 2.75) is 30.7 Å². The molecule has 16 nitrogen and oxygen atoms in total. The second-order valence-electron chi connectivity index (χ2n) is 8.37. The van der Waals surface area contributed by atoms with Crippen molar-refractivity contribution in [1.29, 1.82) is 0 Å². The van der Waals surface area contributed by atoms with E-state index in [9.17, 15) is 43.5 Å². The van der Waals surface area contributed by atoms with Gasteiger partial charge >= 0.3 is 16.4 Å². The molecular formula is C23H22O16S. The van der Waals surface area contributed by atoms with Crippen molar-refractivity contribution < 1.29 is 70.8 Å². The molecule has 1 fully saturated rings. The monoisotopic (exact) mass is 586 g/mol. The summed E-state index contributed by atoms with van der Waals surface area (Å²) in [4.78, 5) is 24.4. The predicted molar refractivity (Wildman–Crippen MR) is 130 cm³/mol. The summed E-state index contributed by atoms with van der Waals surface area (Å²) >= 11 is 0. The Bertz CT molecular complexity index is 1590. The van der Waals surface area contributed by atoms with Gasteiger partial charge in [0.1, 0.15) is 46.5 Å². The van der Waals surface area contributed by atoms with E-state index in [1.165, 1.54) is 26.4 Å². The second kappa shape index (κ2) is 10.8. The number of carboxylic acids is 1. The van der Waals surface area contributed by atoms with Gasteiger partial charge in [-0.05, 0) is 12.1 Å². The molecule has 2 aromatic carbocycles. The summed E-state index contributed by atoms with van der Waals surface area (Å²) in [7, 11) is -2.67. The van der Waals surface area contributed by atoms with Crippen LogP contribution in [0.3, 0.4) is 0 Å². The van der Waals surface area contributed by atoms with Crippen LogP contribution in [0.2, 0.25) is 0 Å². The number of aliphatic hydroxyl groups excluding tert-OH is 2. The number of carboxylic acid groups (broad SMARTS) is 1. The van der Waals surface area contributed by atoms with Crippen molar-refractivity contribution in [3.63, 3.8) is 0 Å². The zero-order valence-corrected chi connectivity index (χ0v) is 21.3. The average Bonchev–Trinajstić information content (AvgIpc) is 2.87. The molecule has 5 atom stereocenters. The summed E-state index contributed by atoms with van der Waals surface area (Å²) in [6.07, 6.45) is -10.8. The summed E-state index contributed by atoms with van der Waals surface area (Å²) in [5, 5.41) is 50.4. The summed E-state index contributed by atoms with van der Waals surface area (Å²) in [6, 6.07) is 5.78. The molecule has 5 unspecified atom stereocenters. The molecule has 0 aliphatic carbocycles. The minimum Gasteiger partial charge on any atom is -0.507 e. The van der Waals surface area contributed by atoms with E-state index in [1.54, 1.807) is 0 Å². The van der Waals surface area contributed by atoms with Crippen LogP contribution in [-0.2, 0) is 24.1 Å². The van der Waals surface area contributed by atoms with Gasteiger partial charge in [0.05, 0.1) is 14.2 Å². The van der Waals surface area contributed by atoms with E-state index >= 15 is 0 Å². The molecule has 4 rings (SSSR count). The van der Waals surface area contributed by atoms with Crippen molar-refractivity contribution in [2.24, 2.45) is 0 Å². The number of phenolic OH excluding ortho intramolecular Hbond substituents is 2. The van der Waals surface area contributed by atoms with Crippen molar-refractivity contribution in [3.8, 4) is 40.1 Å². The zero-order valence-electron chi connectivity index (χ0n) is 20.4. The quantitative estimate of drug-likeness (QED) is 0.190. The van der Waals surface area contributed by atoms with Gasteiger partial charge in [-0.1, -0.05) is 0 Å². The molecule has 0 radical (unpaired) electrons. The maximum atomic E-state index is 12.8. The fraction of sp³-hybridized carbons (Fsp3) is 0.304. The second-order valence-corrected chi connectivity index (χ2v) is 9.42. The lowest BCUT2D eigenvalue weighted by atomic mass is 9.99. The first-order chi connectivity index (χ1) is 18.7. The Labute approximate surface area is 224 Å². The van der Waals surface area contributed by atoms with E-state index in [4.69, 9.17) is 27.9 Å². The third-order valence-corrected chi connectivity index (χ3v) is 6.29. The molecule has 0 amide bonds. The highest BCUT2D eigenvalue weighted by atomic mass is 32.3. The number of hydrogen-bond donors (Lipinski definition) is 6. The molecule has 1 saturated heterocycles. The standard InChI is InChI=1S/C23H22O16S/c1-34-14-3-8(4-15(35-2)17(14)26)12-7-11(25)16-10(24)5-9(6-13(16)37-12)36-23-19(28)18(27)20(39-40(31,32)33)21(38-23)22(29)30/h3-7,18-21,23-24,26-28H,1-2H3,(H,29,30)(H,31,32,33). The zero-order chi connectivity index (χ0) is 29.5. The Kier molecular flexibility index (Phi) is 7.79. The molecule has 0 bridgehead atoms. The Morgan fingerprint density at radius 3 is 2.15 bits per heavy atom. The average molecular weight is 586 g/mol. The first kappa shape index (κ1) is 28.9. The Hall–Kier alpha value is -4.13. The summed E-state index contributed by atoms with van der Waals surface area (Å²) in [5.74, 6) is -3.15. The number of carbonyl (C=O) groups is 1. The summed E-state index contributed by atoms with van der Waals surface area (Å²) < 4.78 is 61.6. The number of fused-ring (bicyclic) bond motifs is 1. The van der Waals surface area contributed by atoms with Crippen LogP contribution in [0.5, 0.6) is 28.7 Å². The maximum Gasteiger partial charge on any atom is 0.397 e. The minimum absolute atomic E-state index is 0.00304. The van der Waals surface area contributed by atoms with Gasteiger partial charge in [-0.3, -0.25) is 9.35 Å². The highest BCUT2D eigenvalue weighted by Crippen LogP contribution is 2.41. The molecule has 1 aliphatic heterocycles. The van der Waals surface area contributed by atoms with Crippen molar-refractivity contribution >= 4 is 27.3 Å². The third kappa shape index (κ3) is 5.60. The smallest absolute Gasteiger partial charge is 0.397 e. The van der Waals surface area contributed by atoms with Crippen LogP contribution >= 0.6 is 0 Å². The van der Waals surface area contributed by atoms with Gasteiger partial charge in [0, 0.05) is 23.8 Å². The van der Waals surface area contributed by atoms with Crippen LogP contribution in [0.15, 0.2) is 39.5 Å². The van der Waals surface area contributed by atoms with Crippen LogP contribution in [-0.4, -0.2) is 89.4 Å². The van der Waals surface area contributed by atoms with Gasteiger partial charge in [-0.15, -0.1) is 0 Å². The van der Waals surface area contributed by atoms with Crippen LogP contribution in [0.4, 0.5) is 0 Å². The molecule has 40 heavy (non-hydrogen) atoms. The Morgan fingerprint density at radius 1 is 0.975 bits per heavy atom. The summed E-state index contributed by atoms with van der Waals surface area (Å²) in [6.45, 7) is 0. The fourth-order valence-electron chi connectivity index (χ4n) is 4.00. The van der Waals surface area contributed by atoms with Gasteiger partial charge in [-0.25, -0.2) is 8.98 Å². The lowest BCUT2D eigenvalue weighted by Crippen LogP contribution is -2.62. The van der Waals surface area contributed by atoms with E-state index in [0.29, 0.717) is 0 Å². The highest BCUT2D eigenvalue weighted by Gasteiger charge is 2.51. The van der Waals surface area contributed by atoms with E-state index in [2.05, 4.69) is 4.18 Å². The van der Waals surface area contributed by atoms with Gasteiger partial charge in [0.25, 0.3) is 0 Å². The lowest BCUT2D eigenvalue weighted by molar-refractivity contribution is -0.266. The number of aromatic hydroxyl groups is 2. The SMILES string of the molecule is COc1cc(-c2cc(=O)c3c(O)cc(OC4OC(C(=O)O)C(OS(=O)(=O)O)C(O)C4O)cc3o2)cc(OC)c1O. The molecular weight excluding hydrogens is 564 g/mol.